The number of carbonyl (C=O) groups excluding carboxylic acids is 2. The lowest BCUT2D eigenvalue weighted by Gasteiger charge is -2.16. The Morgan fingerprint density at radius 1 is 1.04 bits per heavy atom. The number of esters is 1. The van der Waals surface area contributed by atoms with E-state index in [1.807, 2.05) is 42.5 Å². The molecule has 2 aromatic carbocycles. The molecule has 2 aromatic rings. The lowest BCUT2D eigenvalue weighted by atomic mass is 10.1. The summed E-state index contributed by atoms with van der Waals surface area (Å²) in [6.07, 6.45) is 2.18. The Balaban J connectivity index is 1.61. The number of benzene rings is 2. The van der Waals surface area contributed by atoms with Crippen molar-refractivity contribution in [3.63, 3.8) is 0 Å². The van der Waals surface area contributed by atoms with Gasteiger partial charge in [-0.1, -0.05) is 42.5 Å². The van der Waals surface area contributed by atoms with Gasteiger partial charge >= 0.3 is 5.97 Å². The third kappa shape index (κ3) is 4.26. The van der Waals surface area contributed by atoms with Gasteiger partial charge in [-0.25, -0.2) is 4.79 Å². The second kappa shape index (κ2) is 7.66. The van der Waals surface area contributed by atoms with Crippen molar-refractivity contribution in [2.45, 2.75) is 19.1 Å². The number of amides is 1. The molecule has 25 heavy (non-hydrogen) atoms. The first kappa shape index (κ1) is 16.8. The van der Waals surface area contributed by atoms with E-state index in [-0.39, 0.29) is 17.9 Å². The maximum atomic E-state index is 11.7. The van der Waals surface area contributed by atoms with Gasteiger partial charge in [0.1, 0.15) is 12.4 Å². The maximum Gasteiger partial charge on any atom is 0.337 e. The third-order valence-corrected chi connectivity index (χ3v) is 4.00. The molecule has 0 saturated carbocycles. The monoisotopic (exact) mass is 337 g/mol. The third-order valence-electron chi connectivity index (χ3n) is 4.00. The van der Waals surface area contributed by atoms with Gasteiger partial charge in [0.25, 0.3) is 0 Å². The van der Waals surface area contributed by atoms with E-state index < -0.39 is 0 Å². The van der Waals surface area contributed by atoms with Crippen molar-refractivity contribution in [2.24, 2.45) is 0 Å². The molecule has 0 saturated heterocycles. The highest BCUT2D eigenvalue weighted by Gasteiger charge is 2.25. The zero-order valence-electron chi connectivity index (χ0n) is 13.9. The van der Waals surface area contributed by atoms with Crippen LogP contribution in [0.3, 0.4) is 0 Å². The van der Waals surface area contributed by atoms with Crippen LogP contribution in [0.25, 0.3) is 0 Å². The van der Waals surface area contributed by atoms with E-state index in [4.69, 9.17) is 4.74 Å². The molecule has 1 aliphatic heterocycles. The van der Waals surface area contributed by atoms with Crippen molar-refractivity contribution >= 4 is 11.9 Å². The SMILES string of the molecule is COC(=O)c1ccc(COC2=CC(=O)NC2Cc2ccccc2)cc1. The smallest absolute Gasteiger partial charge is 0.337 e. The average molecular weight is 337 g/mol. The van der Waals surface area contributed by atoms with Crippen LogP contribution < -0.4 is 5.32 Å². The van der Waals surface area contributed by atoms with Crippen LogP contribution in [0.4, 0.5) is 0 Å². The Morgan fingerprint density at radius 2 is 1.76 bits per heavy atom. The van der Waals surface area contributed by atoms with Gasteiger partial charge in [-0.2, -0.15) is 0 Å². The summed E-state index contributed by atoms with van der Waals surface area (Å²) in [5.74, 6) is 0.117. The molecule has 0 bridgehead atoms. The highest BCUT2D eigenvalue weighted by atomic mass is 16.5. The van der Waals surface area contributed by atoms with Crippen LogP contribution in [-0.4, -0.2) is 25.0 Å². The van der Waals surface area contributed by atoms with E-state index in [1.54, 1.807) is 12.1 Å². The zero-order valence-corrected chi connectivity index (χ0v) is 13.9. The first-order chi connectivity index (χ1) is 12.2. The predicted molar refractivity (Wildman–Crippen MR) is 92.7 cm³/mol. The summed E-state index contributed by atoms with van der Waals surface area (Å²) in [7, 11) is 1.35. The molecule has 5 heteroatoms. The van der Waals surface area contributed by atoms with Gasteiger partial charge in [-0.3, -0.25) is 4.79 Å². The van der Waals surface area contributed by atoms with Crippen LogP contribution in [0.5, 0.6) is 0 Å². The summed E-state index contributed by atoms with van der Waals surface area (Å²) in [5.41, 5.74) is 2.53. The second-order valence-electron chi connectivity index (χ2n) is 5.77. The summed E-state index contributed by atoms with van der Waals surface area (Å²) in [4.78, 5) is 23.1. The van der Waals surface area contributed by atoms with Crippen LogP contribution in [0.2, 0.25) is 0 Å². The van der Waals surface area contributed by atoms with Crippen molar-refractivity contribution in [3.05, 3.63) is 83.1 Å². The molecule has 1 atom stereocenters. The molecule has 0 aliphatic carbocycles. The maximum absolute atomic E-state index is 11.7. The minimum Gasteiger partial charge on any atom is -0.491 e. The molecule has 1 N–H and O–H groups in total. The number of carbonyl (C=O) groups is 2. The van der Waals surface area contributed by atoms with Gasteiger partial charge in [-0.05, 0) is 29.7 Å². The largest absolute Gasteiger partial charge is 0.491 e. The highest BCUT2D eigenvalue weighted by Crippen LogP contribution is 2.18. The van der Waals surface area contributed by atoms with Gasteiger partial charge in [0, 0.05) is 6.08 Å². The van der Waals surface area contributed by atoms with Crippen molar-refractivity contribution in [1.29, 1.82) is 0 Å². The van der Waals surface area contributed by atoms with E-state index in [9.17, 15) is 9.59 Å². The van der Waals surface area contributed by atoms with Gasteiger partial charge < -0.3 is 14.8 Å². The topological polar surface area (TPSA) is 64.6 Å². The number of rotatable bonds is 6. The molecule has 1 heterocycles. The summed E-state index contributed by atoms with van der Waals surface area (Å²) in [6.45, 7) is 0.327. The van der Waals surface area contributed by atoms with Gasteiger partial charge in [0.15, 0.2) is 0 Å². The standard InChI is InChI=1S/C20H19NO4/c1-24-20(23)16-9-7-15(8-10-16)13-25-18-12-19(22)21-17(18)11-14-5-3-2-4-6-14/h2-10,12,17H,11,13H2,1H3,(H,21,22). The first-order valence-corrected chi connectivity index (χ1v) is 8.02. The van der Waals surface area contributed by atoms with Crippen LogP contribution in [0.1, 0.15) is 21.5 Å². The Labute approximate surface area is 146 Å². The molecule has 0 radical (unpaired) electrons. The molecule has 0 fully saturated rings. The quantitative estimate of drug-likeness (QED) is 0.823. The van der Waals surface area contributed by atoms with Crippen LogP contribution in [0, 0.1) is 0 Å². The summed E-state index contributed by atoms with van der Waals surface area (Å²) in [5, 5.41) is 2.90. The van der Waals surface area contributed by atoms with Crippen LogP contribution >= 0.6 is 0 Å². The Bertz CT molecular complexity index is 781. The van der Waals surface area contributed by atoms with E-state index in [2.05, 4.69) is 10.1 Å². The fourth-order valence-electron chi connectivity index (χ4n) is 2.68. The summed E-state index contributed by atoms with van der Waals surface area (Å²) < 4.78 is 10.5. The number of hydrogen-bond donors (Lipinski definition) is 1. The minimum atomic E-state index is -0.372. The van der Waals surface area contributed by atoms with Gasteiger partial charge in [0.05, 0.1) is 18.7 Å². The van der Waals surface area contributed by atoms with Gasteiger partial charge in [0.2, 0.25) is 5.91 Å². The van der Waals surface area contributed by atoms with Crippen LogP contribution in [0.15, 0.2) is 66.4 Å². The first-order valence-electron chi connectivity index (χ1n) is 8.02. The van der Waals surface area contributed by atoms with Crippen molar-refractivity contribution in [1.82, 2.24) is 5.32 Å². The molecule has 1 amide bonds. The Kier molecular flexibility index (Phi) is 5.14. The van der Waals surface area contributed by atoms with E-state index in [0.29, 0.717) is 24.4 Å². The summed E-state index contributed by atoms with van der Waals surface area (Å²) >= 11 is 0. The second-order valence-corrected chi connectivity index (χ2v) is 5.77. The Morgan fingerprint density at radius 3 is 2.44 bits per heavy atom. The number of ether oxygens (including phenoxy) is 2. The molecule has 5 nitrogen and oxygen atoms in total. The molecule has 1 aliphatic rings. The number of nitrogens with one attached hydrogen (secondary N) is 1. The lowest BCUT2D eigenvalue weighted by Crippen LogP contribution is -2.31. The molecular formula is C20H19NO4. The predicted octanol–water partition coefficient (Wildman–Crippen LogP) is 2.61. The summed E-state index contributed by atoms with van der Waals surface area (Å²) in [6, 6.07) is 16.8. The molecular weight excluding hydrogens is 318 g/mol. The molecule has 0 spiro atoms. The van der Waals surface area contributed by atoms with Crippen molar-refractivity contribution in [2.75, 3.05) is 7.11 Å². The van der Waals surface area contributed by atoms with Crippen molar-refractivity contribution in [3.8, 4) is 0 Å². The van der Waals surface area contributed by atoms with Crippen LogP contribution in [-0.2, 0) is 27.3 Å². The molecule has 128 valence electrons. The molecule has 3 rings (SSSR count). The van der Waals surface area contributed by atoms with E-state index >= 15 is 0 Å². The fraction of sp³-hybridized carbons (Fsp3) is 0.200. The Hall–Kier alpha value is -3.08. The molecule has 1 unspecified atom stereocenters. The fourth-order valence-corrected chi connectivity index (χ4v) is 2.68. The van der Waals surface area contributed by atoms with E-state index in [0.717, 1.165) is 11.1 Å². The van der Waals surface area contributed by atoms with E-state index in [1.165, 1.54) is 13.2 Å². The van der Waals surface area contributed by atoms with Crippen molar-refractivity contribution < 1.29 is 19.1 Å². The normalized spacial score (nSPS) is 16.1. The minimum absolute atomic E-state index is 0.142. The van der Waals surface area contributed by atoms with Gasteiger partial charge in [-0.15, -0.1) is 0 Å². The average Bonchev–Trinajstić information content (AvgIpc) is 3.00. The number of hydrogen-bond acceptors (Lipinski definition) is 4. The lowest BCUT2D eigenvalue weighted by molar-refractivity contribution is -0.116. The highest BCUT2D eigenvalue weighted by molar-refractivity contribution is 5.91. The zero-order chi connectivity index (χ0) is 17.6. The number of methoxy groups -OCH3 is 1. The molecule has 0 aromatic heterocycles.